The number of rotatable bonds is 3. The second kappa shape index (κ2) is 5.36. The van der Waals surface area contributed by atoms with E-state index in [1.807, 2.05) is 6.92 Å². The van der Waals surface area contributed by atoms with Crippen LogP contribution < -0.4 is 5.32 Å². The van der Waals surface area contributed by atoms with Crippen molar-refractivity contribution in [3.63, 3.8) is 0 Å². The van der Waals surface area contributed by atoms with Crippen molar-refractivity contribution < 1.29 is 4.42 Å². The predicted octanol–water partition coefficient (Wildman–Crippen LogP) is 1.34. The van der Waals surface area contributed by atoms with Crippen LogP contribution in [0.25, 0.3) is 0 Å². The van der Waals surface area contributed by atoms with Gasteiger partial charge in [0, 0.05) is 13.0 Å². The van der Waals surface area contributed by atoms with Crippen molar-refractivity contribution >= 4 is 0 Å². The molecule has 0 amide bonds. The smallest absolute Gasteiger partial charge is 0.230 e. The van der Waals surface area contributed by atoms with Crippen LogP contribution >= 0.6 is 0 Å². The van der Waals surface area contributed by atoms with E-state index in [-0.39, 0.29) is 0 Å². The molecule has 0 aliphatic carbocycles. The molecule has 1 N–H and O–H groups in total. The van der Waals surface area contributed by atoms with Crippen LogP contribution in [0.4, 0.5) is 0 Å². The second-order valence-electron chi connectivity index (χ2n) is 5.53. The summed E-state index contributed by atoms with van der Waals surface area (Å²) in [6, 6.07) is 0.776. The number of likely N-dealkylation sites (tertiary alicyclic amines) is 1. The van der Waals surface area contributed by atoms with E-state index >= 15 is 0 Å². The minimum atomic E-state index is 0.662. The standard InChI is InChI=1S/C13H22N4O/c1-10-15-16-13(18-10)9-17-7-4-11(5-8-17)12-3-2-6-14-12/h11-12,14H,2-9H2,1H3. The zero-order chi connectivity index (χ0) is 12.4. The Labute approximate surface area is 108 Å². The molecule has 1 aromatic heterocycles. The fourth-order valence-corrected chi connectivity index (χ4v) is 3.22. The minimum absolute atomic E-state index is 0.662. The third-order valence-corrected chi connectivity index (χ3v) is 4.23. The summed E-state index contributed by atoms with van der Waals surface area (Å²) in [5.41, 5.74) is 0. The highest BCUT2D eigenvalue weighted by Crippen LogP contribution is 2.26. The number of nitrogens with zero attached hydrogens (tertiary/aromatic N) is 3. The van der Waals surface area contributed by atoms with Crippen molar-refractivity contribution in [1.29, 1.82) is 0 Å². The molecule has 5 nitrogen and oxygen atoms in total. The summed E-state index contributed by atoms with van der Waals surface area (Å²) in [7, 11) is 0. The third kappa shape index (κ3) is 2.72. The molecule has 3 heterocycles. The summed E-state index contributed by atoms with van der Waals surface area (Å²) < 4.78 is 5.44. The molecule has 0 bridgehead atoms. The van der Waals surface area contributed by atoms with Crippen molar-refractivity contribution in [2.45, 2.75) is 45.2 Å². The Bertz CT molecular complexity index is 378. The first-order valence-electron chi connectivity index (χ1n) is 7.06. The van der Waals surface area contributed by atoms with Gasteiger partial charge in [-0.25, -0.2) is 0 Å². The van der Waals surface area contributed by atoms with E-state index in [4.69, 9.17) is 4.42 Å². The lowest BCUT2D eigenvalue weighted by atomic mass is 9.88. The van der Waals surface area contributed by atoms with E-state index in [1.54, 1.807) is 0 Å². The molecule has 2 aliphatic rings. The van der Waals surface area contributed by atoms with Gasteiger partial charge in [0.1, 0.15) is 0 Å². The summed E-state index contributed by atoms with van der Waals surface area (Å²) in [5, 5.41) is 11.6. The molecule has 0 aromatic carbocycles. The quantitative estimate of drug-likeness (QED) is 0.877. The van der Waals surface area contributed by atoms with E-state index in [1.165, 1.54) is 32.2 Å². The number of aromatic nitrogens is 2. The van der Waals surface area contributed by atoms with Gasteiger partial charge in [0.05, 0.1) is 6.54 Å². The van der Waals surface area contributed by atoms with Gasteiger partial charge in [0.2, 0.25) is 11.8 Å². The largest absolute Gasteiger partial charge is 0.424 e. The summed E-state index contributed by atoms with van der Waals surface area (Å²) in [5.74, 6) is 2.29. The average Bonchev–Trinajstić information content (AvgIpc) is 3.02. The minimum Gasteiger partial charge on any atom is -0.424 e. The van der Waals surface area contributed by atoms with Crippen LogP contribution in [0, 0.1) is 12.8 Å². The van der Waals surface area contributed by atoms with Crippen LogP contribution in [0.5, 0.6) is 0 Å². The predicted molar refractivity (Wildman–Crippen MR) is 68.1 cm³/mol. The first kappa shape index (κ1) is 12.1. The van der Waals surface area contributed by atoms with Gasteiger partial charge in [-0.05, 0) is 51.2 Å². The Morgan fingerprint density at radius 2 is 2.11 bits per heavy atom. The van der Waals surface area contributed by atoms with Crippen LogP contribution in [0.15, 0.2) is 4.42 Å². The molecule has 2 saturated heterocycles. The molecule has 1 atom stereocenters. The fraction of sp³-hybridized carbons (Fsp3) is 0.846. The fourth-order valence-electron chi connectivity index (χ4n) is 3.22. The molecule has 100 valence electrons. The highest BCUT2D eigenvalue weighted by atomic mass is 16.4. The summed E-state index contributed by atoms with van der Waals surface area (Å²) >= 11 is 0. The summed E-state index contributed by atoms with van der Waals surface area (Å²) in [6.45, 7) is 6.18. The zero-order valence-electron chi connectivity index (χ0n) is 11.1. The van der Waals surface area contributed by atoms with E-state index in [0.717, 1.165) is 37.5 Å². The van der Waals surface area contributed by atoms with Crippen LogP contribution in [0.3, 0.4) is 0 Å². The number of hydrogen-bond donors (Lipinski definition) is 1. The first-order valence-corrected chi connectivity index (χ1v) is 7.06. The number of nitrogens with one attached hydrogen (secondary N) is 1. The van der Waals surface area contributed by atoms with Gasteiger partial charge >= 0.3 is 0 Å². The van der Waals surface area contributed by atoms with Crippen molar-refractivity contribution in [3.8, 4) is 0 Å². The van der Waals surface area contributed by atoms with E-state index in [2.05, 4.69) is 20.4 Å². The molecule has 18 heavy (non-hydrogen) atoms. The molecule has 1 aromatic rings. The average molecular weight is 250 g/mol. The summed E-state index contributed by atoms with van der Waals surface area (Å²) in [6.07, 6.45) is 5.31. The van der Waals surface area contributed by atoms with Crippen molar-refractivity contribution in [2.24, 2.45) is 5.92 Å². The molecule has 0 radical (unpaired) electrons. The van der Waals surface area contributed by atoms with Gasteiger partial charge in [0.25, 0.3) is 0 Å². The lowest BCUT2D eigenvalue weighted by Gasteiger charge is -2.34. The monoisotopic (exact) mass is 250 g/mol. The van der Waals surface area contributed by atoms with Crippen LogP contribution in [0.2, 0.25) is 0 Å². The molecular formula is C13H22N4O. The molecular weight excluding hydrogens is 228 g/mol. The number of piperidine rings is 1. The lowest BCUT2D eigenvalue weighted by Crippen LogP contribution is -2.40. The highest BCUT2D eigenvalue weighted by molar-refractivity contribution is 4.87. The van der Waals surface area contributed by atoms with E-state index < -0.39 is 0 Å². The van der Waals surface area contributed by atoms with Crippen molar-refractivity contribution in [2.75, 3.05) is 19.6 Å². The van der Waals surface area contributed by atoms with Gasteiger partial charge in [-0.1, -0.05) is 0 Å². The van der Waals surface area contributed by atoms with Crippen LogP contribution in [-0.2, 0) is 6.54 Å². The Kier molecular flexibility index (Phi) is 3.61. The second-order valence-corrected chi connectivity index (χ2v) is 5.53. The maximum Gasteiger partial charge on any atom is 0.230 e. The summed E-state index contributed by atoms with van der Waals surface area (Å²) in [4.78, 5) is 2.43. The Morgan fingerprint density at radius 3 is 2.72 bits per heavy atom. The molecule has 3 rings (SSSR count). The number of hydrogen-bond acceptors (Lipinski definition) is 5. The topological polar surface area (TPSA) is 54.2 Å². The normalized spacial score (nSPS) is 26.8. The maximum absolute atomic E-state index is 5.44. The number of aryl methyl sites for hydroxylation is 1. The molecule has 1 unspecified atom stereocenters. The van der Waals surface area contributed by atoms with Gasteiger partial charge in [0.15, 0.2) is 0 Å². The van der Waals surface area contributed by atoms with Gasteiger partial charge < -0.3 is 9.73 Å². The Balaban J connectivity index is 1.47. The molecule has 2 aliphatic heterocycles. The van der Waals surface area contributed by atoms with Crippen LogP contribution in [0.1, 0.15) is 37.5 Å². The van der Waals surface area contributed by atoms with Gasteiger partial charge in [-0.3, -0.25) is 4.90 Å². The SMILES string of the molecule is Cc1nnc(CN2CCC(C3CCCN3)CC2)o1. The first-order chi connectivity index (χ1) is 8.81. The maximum atomic E-state index is 5.44. The molecule has 2 fully saturated rings. The Morgan fingerprint density at radius 1 is 1.28 bits per heavy atom. The van der Waals surface area contributed by atoms with Crippen molar-refractivity contribution in [1.82, 2.24) is 20.4 Å². The van der Waals surface area contributed by atoms with Gasteiger partial charge in [-0.15, -0.1) is 10.2 Å². The molecule has 0 saturated carbocycles. The molecule has 0 spiro atoms. The van der Waals surface area contributed by atoms with Crippen molar-refractivity contribution in [3.05, 3.63) is 11.8 Å². The Hall–Kier alpha value is -0.940. The molecule has 5 heteroatoms. The third-order valence-electron chi connectivity index (χ3n) is 4.23. The van der Waals surface area contributed by atoms with Crippen LogP contribution in [-0.4, -0.2) is 40.8 Å². The lowest BCUT2D eigenvalue weighted by molar-refractivity contribution is 0.146. The van der Waals surface area contributed by atoms with E-state index in [9.17, 15) is 0 Å². The van der Waals surface area contributed by atoms with Gasteiger partial charge in [-0.2, -0.15) is 0 Å². The zero-order valence-corrected chi connectivity index (χ0v) is 11.1. The van der Waals surface area contributed by atoms with E-state index in [0.29, 0.717) is 5.89 Å². The highest BCUT2D eigenvalue weighted by Gasteiger charge is 2.28.